The summed E-state index contributed by atoms with van der Waals surface area (Å²) in [5, 5.41) is 1.04. The lowest BCUT2D eigenvalue weighted by Gasteiger charge is -2.25. The summed E-state index contributed by atoms with van der Waals surface area (Å²) in [5.74, 6) is -0.0857. The highest BCUT2D eigenvalue weighted by Gasteiger charge is 2.12. The molecular weight excluding hydrogens is 233 g/mol. The molecule has 90 valence electrons. The number of thiophene rings is 1. The molecule has 0 bridgehead atoms. The minimum atomic E-state index is -0.0857. The number of fused-ring (bicyclic) bond motifs is 1. The molecule has 1 aromatic heterocycles. The first-order valence-electron chi connectivity index (χ1n) is 6.22. The van der Waals surface area contributed by atoms with Crippen LogP contribution in [0.3, 0.4) is 0 Å². The zero-order chi connectivity index (χ0) is 11.7. The first-order valence-corrected chi connectivity index (χ1v) is 7.04. The van der Waals surface area contributed by atoms with E-state index >= 15 is 0 Å². The summed E-state index contributed by atoms with van der Waals surface area (Å²) in [4.78, 5) is 3.76. The molecule has 0 N–H and O–H groups in total. The fraction of sp³-hybridized carbons (Fsp3) is 0.429. The maximum atomic E-state index is 13.6. The van der Waals surface area contributed by atoms with E-state index in [-0.39, 0.29) is 5.82 Å². The van der Waals surface area contributed by atoms with Crippen LogP contribution >= 0.6 is 11.3 Å². The lowest BCUT2D eigenvalue weighted by molar-refractivity contribution is 0.223. The van der Waals surface area contributed by atoms with Crippen molar-refractivity contribution >= 4 is 21.4 Å². The van der Waals surface area contributed by atoms with Gasteiger partial charge < -0.3 is 0 Å². The number of hydrogen-bond acceptors (Lipinski definition) is 2. The Balaban J connectivity index is 1.83. The van der Waals surface area contributed by atoms with E-state index in [2.05, 4.69) is 11.0 Å². The van der Waals surface area contributed by atoms with Crippen LogP contribution in [0.5, 0.6) is 0 Å². The molecule has 17 heavy (non-hydrogen) atoms. The van der Waals surface area contributed by atoms with Crippen molar-refractivity contribution in [2.24, 2.45) is 0 Å². The maximum absolute atomic E-state index is 13.6. The van der Waals surface area contributed by atoms with E-state index < -0.39 is 0 Å². The molecule has 1 aliphatic heterocycles. The van der Waals surface area contributed by atoms with Crippen LogP contribution in [0.15, 0.2) is 24.3 Å². The number of likely N-dealkylation sites (tertiary alicyclic amines) is 1. The van der Waals surface area contributed by atoms with Crippen molar-refractivity contribution in [2.45, 2.75) is 25.8 Å². The monoisotopic (exact) mass is 249 g/mol. The largest absolute Gasteiger partial charge is 0.298 e. The molecule has 3 heteroatoms. The van der Waals surface area contributed by atoms with E-state index in [1.807, 2.05) is 6.07 Å². The van der Waals surface area contributed by atoms with Gasteiger partial charge in [-0.1, -0.05) is 18.6 Å². The van der Waals surface area contributed by atoms with Gasteiger partial charge in [0.25, 0.3) is 0 Å². The zero-order valence-corrected chi connectivity index (χ0v) is 10.6. The van der Waals surface area contributed by atoms with Gasteiger partial charge in [0.1, 0.15) is 5.82 Å². The van der Waals surface area contributed by atoms with Gasteiger partial charge >= 0.3 is 0 Å². The van der Waals surface area contributed by atoms with Gasteiger partial charge in [-0.25, -0.2) is 4.39 Å². The van der Waals surface area contributed by atoms with Crippen LogP contribution in [-0.2, 0) is 6.54 Å². The molecule has 1 nitrogen and oxygen atoms in total. The highest BCUT2D eigenvalue weighted by atomic mass is 32.1. The van der Waals surface area contributed by atoms with Gasteiger partial charge in [-0.3, -0.25) is 4.90 Å². The third-order valence-electron chi connectivity index (χ3n) is 3.38. The van der Waals surface area contributed by atoms with Crippen molar-refractivity contribution in [1.82, 2.24) is 4.90 Å². The van der Waals surface area contributed by atoms with Gasteiger partial charge in [-0.2, -0.15) is 0 Å². The molecule has 2 aromatic rings. The van der Waals surface area contributed by atoms with Gasteiger partial charge in [-0.05, 0) is 43.5 Å². The van der Waals surface area contributed by atoms with Crippen LogP contribution in [0.2, 0.25) is 0 Å². The Morgan fingerprint density at radius 2 is 2.00 bits per heavy atom. The predicted octanol–water partition coefficient (Wildman–Crippen LogP) is 4.03. The summed E-state index contributed by atoms with van der Waals surface area (Å²) in [7, 11) is 0. The summed E-state index contributed by atoms with van der Waals surface area (Å²) in [6.07, 6.45) is 3.97. The van der Waals surface area contributed by atoms with Crippen molar-refractivity contribution in [1.29, 1.82) is 0 Å². The fourth-order valence-corrected chi connectivity index (χ4v) is 3.60. The average Bonchev–Trinajstić information content (AvgIpc) is 2.74. The van der Waals surface area contributed by atoms with Crippen LogP contribution in [0, 0.1) is 5.82 Å². The standard InChI is InChI=1S/C14H16FNS/c15-13-6-4-5-11-9-12(17-14(11)13)10-16-7-2-1-3-8-16/h4-6,9H,1-3,7-8,10H2. The molecule has 1 saturated heterocycles. The topological polar surface area (TPSA) is 3.24 Å². The van der Waals surface area contributed by atoms with Crippen molar-refractivity contribution in [3.05, 3.63) is 35.0 Å². The van der Waals surface area contributed by atoms with Crippen LogP contribution in [0.25, 0.3) is 10.1 Å². The molecular formula is C14H16FNS. The third kappa shape index (κ3) is 2.35. The SMILES string of the molecule is Fc1cccc2cc(CN3CCCCC3)sc12. The second-order valence-electron chi connectivity index (χ2n) is 4.71. The highest BCUT2D eigenvalue weighted by molar-refractivity contribution is 7.19. The quantitative estimate of drug-likeness (QED) is 0.777. The molecule has 3 rings (SSSR count). The Morgan fingerprint density at radius 1 is 1.18 bits per heavy atom. The fourth-order valence-electron chi connectivity index (χ4n) is 2.50. The Morgan fingerprint density at radius 3 is 2.76 bits per heavy atom. The maximum Gasteiger partial charge on any atom is 0.140 e. The van der Waals surface area contributed by atoms with Crippen molar-refractivity contribution < 1.29 is 4.39 Å². The van der Waals surface area contributed by atoms with E-state index in [0.29, 0.717) is 0 Å². The second kappa shape index (κ2) is 4.75. The number of rotatable bonds is 2. The number of halogens is 1. The number of nitrogens with zero attached hydrogens (tertiary/aromatic N) is 1. The smallest absolute Gasteiger partial charge is 0.140 e. The van der Waals surface area contributed by atoms with Crippen LogP contribution in [0.1, 0.15) is 24.1 Å². The van der Waals surface area contributed by atoms with E-state index in [1.165, 1.54) is 37.2 Å². The number of benzene rings is 1. The van der Waals surface area contributed by atoms with Crippen molar-refractivity contribution in [2.75, 3.05) is 13.1 Å². The minimum Gasteiger partial charge on any atom is -0.298 e. The van der Waals surface area contributed by atoms with Gasteiger partial charge in [0.05, 0.1) is 4.70 Å². The van der Waals surface area contributed by atoms with Gasteiger partial charge in [-0.15, -0.1) is 11.3 Å². The second-order valence-corrected chi connectivity index (χ2v) is 5.84. The molecule has 0 spiro atoms. The Kier molecular flexibility index (Phi) is 3.12. The molecule has 0 amide bonds. The summed E-state index contributed by atoms with van der Waals surface area (Å²) >= 11 is 1.60. The van der Waals surface area contributed by atoms with Crippen LogP contribution < -0.4 is 0 Å². The first-order chi connectivity index (χ1) is 8.33. The summed E-state index contributed by atoms with van der Waals surface area (Å²) in [6, 6.07) is 7.46. The van der Waals surface area contributed by atoms with Crippen molar-refractivity contribution in [3.63, 3.8) is 0 Å². The van der Waals surface area contributed by atoms with E-state index in [1.54, 1.807) is 23.5 Å². The average molecular weight is 249 g/mol. The molecule has 0 atom stereocenters. The zero-order valence-electron chi connectivity index (χ0n) is 9.79. The van der Waals surface area contributed by atoms with Gasteiger partial charge in [0.2, 0.25) is 0 Å². The Hall–Kier alpha value is -0.930. The predicted molar refractivity (Wildman–Crippen MR) is 70.9 cm³/mol. The van der Waals surface area contributed by atoms with Gasteiger partial charge in [0.15, 0.2) is 0 Å². The molecule has 1 aliphatic rings. The van der Waals surface area contributed by atoms with E-state index in [9.17, 15) is 4.39 Å². The Bertz CT molecular complexity index is 514. The number of hydrogen-bond donors (Lipinski definition) is 0. The molecule has 0 radical (unpaired) electrons. The summed E-state index contributed by atoms with van der Waals surface area (Å²) in [6.45, 7) is 3.37. The normalized spacial score (nSPS) is 17.7. The van der Waals surface area contributed by atoms with Crippen LogP contribution in [0.4, 0.5) is 4.39 Å². The summed E-state index contributed by atoms with van der Waals surface area (Å²) < 4.78 is 14.4. The number of piperidine rings is 1. The molecule has 1 aromatic carbocycles. The first kappa shape index (κ1) is 11.2. The minimum absolute atomic E-state index is 0.0857. The Labute approximate surface area is 105 Å². The van der Waals surface area contributed by atoms with E-state index in [4.69, 9.17) is 0 Å². The molecule has 0 unspecified atom stereocenters. The molecule has 1 fully saturated rings. The van der Waals surface area contributed by atoms with Crippen LogP contribution in [-0.4, -0.2) is 18.0 Å². The lowest BCUT2D eigenvalue weighted by Crippen LogP contribution is -2.28. The van der Waals surface area contributed by atoms with Gasteiger partial charge in [0, 0.05) is 11.4 Å². The molecule has 0 saturated carbocycles. The third-order valence-corrected chi connectivity index (χ3v) is 4.52. The highest BCUT2D eigenvalue weighted by Crippen LogP contribution is 2.29. The lowest BCUT2D eigenvalue weighted by atomic mass is 10.1. The summed E-state index contributed by atoms with van der Waals surface area (Å²) in [5.41, 5.74) is 0. The van der Waals surface area contributed by atoms with E-state index in [0.717, 1.165) is 16.6 Å². The molecule has 0 aliphatic carbocycles. The van der Waals surface area contributed by atoms with Crippen molar-refractivity contribution in [3.8, 4) is 0 Å². The molecule has 2 heterocycles.